The number of hydrogen-bond donors (Lipinski definition) is 1. The van der Waals surface area contributed by atoms with Crippen molar-refractivity contribution in [2.75, 3.05) is 0 Å². The van der Waals surface area contributed by atoms with Crippen LogP contribution in [0.25, 0.3) is 21.9 Å². The highest BCUT2D eigenvalue weighted by Crippen LogP contribution is 2.26. The van der Waals surface area contributed by atoms with Gasteiger partial charge in [-0.1, -0.05) is 24.3 Å². The van der Waals surface area contributed by atoms with Gasteiger partial charge in [0.2, 0.25) is 5.52 Å². The van der Waals surface area contributed by atoms with Crippen molar-refractivity contribution in [2.24, 2.45) is 0 Å². The SMILES string of the molecule is O=C(c1c2ccccc2[n+]2c3ccccc3[nH]n12)C(F)(F)F. The number of nitrogens with one attached hydrogen (secondary N) is 1. The predicted molar refractivity (Wildman–Crippen MR) is 72.8 cm³/mol. The standard InChI is InChI=1S/C15H8F3N3O/c16-15(17,18)14(22)13-9-5-1-3-7-11(9)20-12-8-4-2-6-10(12)19-21(13)20/h1-8H/p+1. The molecule has 4 nitrogen and oxygen atoms in total. The predicted octanol–water partition coefficient (Wildman–Crippen LogP) is 2.90. The zero-order valence-electron chi connectivity index (χ0n) is 11.1. The second kappa shape index (κ2) is 4.09. The van der Waals surface area contributed by atoms with E-state index >= 15 is 0 Å². The number of aromatic amines is 1. The molecule has 0 unspecified atom stereocenters. The molecule has 2 heterocycles. The van der Waals surface area contributed by atoms with E-state index in [1.165, 1.54) is 6.07 Å². The Balaban J connectivity index is 2.24. The van der Waals surface area contributed by atoms with E-state index in [1.54, 1.807) is 47.0 Å². The summed E-state index contributed by atoms with van der Waals surface area (Å²) in [6.07, 6.45) is -4.94. The van der Waals surface area contributed by atoms with Gasteiger partial charge >= 0.3 is 6.18 Å². The Bertz CT molecular complexity index is 1040. The van der Waals surface area contributed by atoms with Crippen molar-refractivity contribution in [3.05, 3.63) is 54.2 Å². The Labute approximate surface area is 121 Å². The van der Waals surface area contributed by atoms with E-state index in [0.717, 1.165) is 4.63 Å². The molecule has 2 aromatic carbocycles. The van der Waals surface area contributed by atoms with Crippen LogP contribution in [-0.2, 0) is 0 Å². The van der Waals surface area contributed by atoms with Gasteiger partial charge in [0.25, 0.3) is 5.78 Å². The average Bonchev–Trinajstić information content (AvgIpc) is 2.99. The van der Waals surface area contributed by atoms with E-state index in [4.69, 9.17) is 0 Å². The topological polar surface area (TPSA) is 41.4 Å². The quantitative estimate of drug-likeness (QED) is 0.426. The fraction of sp³-hybridized carbons (Fsp3) is 0.0667. The smallest absolute Gasteiger partial charge is 0.282 e. The first-order valence-corrected chi connectivity index (χ1v) is 6.52. The zero-order chi connectivity index (χ0) is 15.5. The van der Waals surface area contributed by atoms with Crippen molar-refractivity contribution in [3.63, 3.8) is 0 Å². The number of H-pyrrole nitrogens is 1. The molecule has 0 spiro atoms. The molecule has 0 aliphatic rings. The normalized spacial score (nSPS) is 12.5. The Hall–Kier alpha value is -2.83. The number of aromatic nitrogens is 3. The number of nitrogens with zero attached hydrogens (tertiary/aromatic N) is 2. The molecule has 1 N–H and O–H groups in total. The van der Waals surface area contributed by atoms with Crippen LogP contribution in [0, 0.1) is 0 Å². The summed E-state index contributed by atoms with van der Waals surface area (Å²) in [4.78, 5) is 11.9. The Morgan fingerprint density at radius 3 is 2.36 bits per heavy atom. The van der Waals surface area contributed by atoms with Crippen LogP contribution in [-0.4, -0.2) is 21.7 Å². The third-order valence-corrected chi connectivity index (χ3v) is 3.63. The molecule has 0 saturated heterocycles. The minimum atomic E-state index is -4.94. The highest BCUT2D eigenvalue weighted by molar-refractivity contribution is 6.08. The lowest BCUT2D eigenvalue weighted by Crippen LogP contribution is -2.31. The molecule has 22 heavy (non-hydrogen) atoms. The first-order chi connectivity index (χ1) is 10.5. The van der Waals surface area contributed by atoms with E-state index in [9.17, 15) is 18.0 Å². The summed E-state index contributed by atoms with van der Waals surface area (Å²) in [6, 6.07) is 13.6. The summed E-state index contributed by atoms with van der Waals surface area (Å²) < 4.78 is 41.5. The minimum Gasteiger partial charge on any atom is -0.282 e. The van der Waals surface area contributed by atoms with Gasteiger partial charge in [0.05, 0.1) is 5.39 Å². The number of ketones is 1. The molecule has 2 aromatic heterocycles. The maximum atomic E-state index is 12.9. The van der Waals surface area contributed by atoms with Crippen molar-refractivity contribution in [3.8, 4) is 0 Å². The number of benzene rings is 2. The van der Waals surface area contributed by atoms with Crippen LogP contribution in [0.3, 0.4) is 0 Å². The second-order valence-corrected chi connectivity index (χ2v) is 4.95. The van der Waals surface area contributed by atoms with Gasteiger partial charge in [0, 0.05) is 0 Å². The number of para-hydroxylation sites is 3. The number of fused-ring (bicyclic) bond motifs is 5. The molecule has 0 aliphatic carbocycles. The van der Waals surface area contributed by atoms with Gasteiger partial charge in [-0.2, -0.15) is 18.3 Å². The van der Waals surface area contributed by atoms with Crippen LogP contribution >= 0.6 is 0 Å². The highest BCUT2D eigenvalue weighted by Gasteiger charge is 2.44. The molecule has 0 saturated carbocycles. The summed E-state index contributed by atoms with van der Waals surface area (Å²) in [7, 11) is 0. The maximum absolute atomic E-state index is 12.9. The van der Waals surface area contributed by atoms with Gasteiger partial charge in [0.15, 0.2) is 16.7 Å². The summed E-state index contributed by atoms with van der Waals surface area (Å²) in [5.74, 6) is -1.87. The summed E-state index contributed by atoms with van der Waals surface area (Å²) in [5.41, 5.74) is 1.45. The monoisotopic (exact) mass is 304 g/mol. The molecule has 0 atom stereocenters. The van der Waals surface area contributed by atoms with Crippen molar-refractivity contribution in [1.82, 2.24) is 9.73 Å². The Morgan fingerprint density at radius 2 is 1.64 bits per heavy atom. The molecule has 4 aromatic rings. The van der Waals surface area contributed by atoms with Crippen LogP contribution in [0.4, 0.5) is 13.2 Å². The van der Waals surface area contributed by atoms with Gasteiger partial charge in [-0.15, -0.1) is 4.52 Å². The molecule has 0 aliphatic heterocycles. The van der Waals surface area contributed by atoms with E-state index in [1.807, 2.05) is 0 Å². The lowest BCUT2D eigenvalue weighted by Gasteiger charge is -2.01. The highest BCUT2D eigenvalue weighted by atomic mass is 19.4. The number of halogens is 3. The first kappa shape index (κ1) is 12.9. The van der Waals surface area contributed by atoms with Crippen LogP contribution in [0.5, 0.6) is 0 Å². The molecular weight excluding hydrogens is 295 g/mol. The Kier molecular flexibility index (Phi) is 2.40. The lowest BCUT2D eigenvalue weighted by atomic mass is 10.1. The lowest BCUT2D eigenvalue weighted by molar-refractivity contribution is -0.566. The van der Waals surface area contributed by atoms with Crippen LogP contribution in [0.15, 0.2) is 48.5 Å². The van der Waals surface area contributed by atoms with E-state index in [-0.39, 0.29) is 5.39 Å². The third-order valence-electron chi connectivity index (χ3n) is 3.63. The fourth-order valence-corrected chi connectivity index (χ4v) is 2.74. The van der Waals surface area contributed by atoms with Crippen LogP contribution < -0.4 is 4.52 Å². The molecule has 7 heteroatoms. The third kappa shape index (κ3) is 1.59. The van der Waals surface area contributed by atoms with Crippen LogP contribution in [0.1, 0.15) is 10.5 Å². The maximum Gasteiger partial charge on any atom is 0.456 e. The molecule has 4 rings (SSSR count). The zero-order valence-corrected chi connectivity index (χ0v) is 11.1. The first-order valence-electron chi connectivity index (χ1n) is 6.52. The molecule has 110 valence electrons. The van der Waals surface area contributed by atoms with E-state index in [2.05, 4.69) is 5.10 Å². The number of carbonyl (C=O) groups excluding carboxylic acids is 1. The van der Waals surface area contributed by atoms with Gasteiger partial charge in [-0.25, -0.2) is 0 Å². The molecule has 0 bridgehead atoms. The van der Waals surface area contributed by atoms with Crippen molar-refractivity contribution >= 4 is 27.7 Å². The molecule has 0 radical (unpaired) electrons. The van der Waals surface area contributed by atoms with Crippen molar-refractivity contribution in [2.45, 2.75) is 6.18 Å². The number of rotatable bonds is 1. The number of hydrogen-bond acceptors (Lipinski definition) is 1. The minimum absolute atomic E-state index is 0.256. The molecule has 0 fully saturated rings. The largest absolute Gasteiger partial charge is 0.456 e. The summed E-state index contributed by atoms with van der Waals surface area (Å²) in [6.45, 7) is 0. The van der Waals surface area contributed by atoms with Crippen molar-refractivity contribution < 1.29 is 22.5 Å². The summed E-state index contributed by atoms with van der Waals surface area (Å²) >= 11 is 0. The van der Waals surface area contributed by atoms with Gasteiger partial charge in [-0.05, 0) is 28.9 Å². The van der Waals surface area contributed by atoms with Gasteiger partial charge < -0.3 is 0 Å². The number of alkyl halides is 3. The average molecular weight is 304 g/mol. The van der Waals surface area contributed by atoms with E-state index < -0.39 is 17.7 Å². The number of carbonyl (C=O) groups is 1. The Morgan fingerprint density at radius 1 is 1.00 bits per heavy atom. The second-order valence-electron chi connectivity index (χ2n) is 4.95. The van der Waals surface area contributed by atoms with Gasteiger partial charge in [-0.3, -0.25) is 4.79 Å². The molecule has 0 amide bonds. The van der Waals surface area contributed by atoms with Gasteiger partial charge in [0.1, 0.15) is 0 Å². The van der Waals surface area contributed by atoms with E-state index in [0.29, 0.717) is 16.6 Å². The number of Topliss-reactive ketones (excluding diaryl/α,β-unsaturated/α-hetero) is 1. The summed E-state index contributed by atoms with van der Waals surface area (Å²) in [5, 5.41) is 3.10. The van der Waals surface area contributed by atoms with Crippen molar-refractivity contribution in [1.29, 1.82) is 0 Å². The van der Waals surface area contributed by atoms with Crippen LogP contribution in [0.2, 0.25) is 0 Å². The fourth-order valence-electron chi connectivity index (χ4n) is 2.74. The molecular formula is C15H9F3N3O+.